The third kappa shape index (κ3) is 11.5. The Balaban J connectivity index is 3.37. The summed E-state index contributed by atoms with van der Waals surface area (Å²) in [6.45, 7) is 13.6. The van der Waals surface area contributed by atoms with Crippen LogP contribution in [0.4, 0.5) is 4.79 Å². The maximum Gasteiger partial charge on any atom is 0.408 e. The lowest BCUT2D eigenvalue weighted by molar-refractivity contribution is -0.143. The standard InChI is InChI=1S/C29H49N3O5/c1-8-10-12-14-18-32(27(35)24(20-33)31-28(36)37-29(5,6)7)25(26(34)30-17-13-11-9-2)23-16-15-21(3)22(4)19-23/h15-16,19,24-25,33H,8-14,17-18,20H2,1-7H3,(H,30,34)(H,31,36). The first-order chi connectivity index (χ1) is 17.4. The second-order valence-electron chi connectivity index (χ2n) is 10.7. The van der Waals surface area contributed by atoms with Gasteiger partial charge in [-0.2, -0.15) is 0 Å². The minimum absolute atomic E-state index is 0.267. The first kappa shape index (κ1) is 32.4. The Kier molecular flexibility index (Phi) is 14.3. The Hall–Kier alpha value is -2.61. The van der Waals surface area contributed by atoms with E-state index in [0.29, 0.717) is 25.1 Å². The second-order valence-corrected chi connectivity index (χ2v) is 10.7. The molecule has 3 amide bonds. The second kappa shape index (κ2) is 16.3. The molecule has 1 aromatic rings. The zero-order valence-corrected chi connectivity index (χ0v) is 24.0. The van der Waals surface area contributed by atoms with Crippen molar-refractivity contribution in [2.45, 2.75) is 111 Å². The van der Waals surface area contributed by atoms with Crippen molar-refractivity contribution in [1.29, 1.82) is 0 Å². The van der Waals surface area contributed by atoms with Gasteiger partial charge >= 0.3 is 6.09 Å². The van der Waals surface area contributed by atoms with Gasteiger partial charge in [-0.15, -0.1) is 0 Å². The number of hydrogen-bond donors (Lipinski definition) is 3. The number of carbonyl (C=O) groups excluding carboxylic acids is 3. The molecule has 0 fully saturated rings. The molecule has 0 aromatic heterocycles. The van der Waals surface area contributed by atoms with Crippen molar-refractivity contribution < 1.29 is 24.2 Å². The van der Waals surface area contributed by atoms with Gasteiger partial charge in [-0.3, -0.25) is 9.59 Å². The van der Waals surface area contributed by atoms with Crippen LogP contribution in [-0.4, -0.2) is 59.3 Å². The summed E-state index contributed by atoms with van der Waals surface area (Å²) < 4.78 is 5.30. The van der Waals surface area contributed by atoms with Gasteiger partial charge in [0.1, 0.15) is 17.7 Å². The maximum absolute atomic E-state index is 13.8. The molecule has 0 aliphatic carbocycles. The average Bonchev–Trinajstić information content (AvgIpc) is 2.82. The smallest absolute Gasteiger partial charge is 0.408 e. The molecular weight excluding hydrogens is 470 g/mol. The summed E-state index contributed by atoms with van der Waals surface area (Å²) in [5.41, 5.74) is 2.05. The monoisotopic (exact) mass is 519 g/mol. The largest absolute Gasteiger partial charge is 0.444 e. The number of rotatable bonds is 15. The van der Waals surface area contributed by atoms with Crippen molar-refractivity contribution in [1.82, 2.24) is 15.5 Å². The molecular formula is C29H49N3O5. The molecule has 2 atom stereocenters. The van der Waals surface area contributed by atoms with E-state index in [2.05, 4.69) is 24.5 Å². The summed E-state index contributed by atoms with van der Waals surface area (Å²) in [6.07, 6.45) is 5.75. The maximum atomic E-state index is 13.8. The summed E-state index contributed by atoms with van der Waals surface area (Å²) in [5, 5.41) is 15.6. The Morgan fingerprint density at radius 3 is 2.19 bits per heavy atom. The molecule has 0 saturated heterocycles. The normalized spacial score (nSPS) is 13.0. The van der Waals surface area contributed by atoms with Crippen LogP contribution in [0.2, 0.25) is 0 Å². The van der Waals surface area contributed by atoms with Crippen LogP contribution in [0, 0.1) is 13.8 Å². The molecule has 8 heteroatoms. The predicted molar refractivity (Wildman–Crippen MR) is 147 cm³/mol. The van der Waals surface area contributed by atoms with E-state index < -0.39 is 36.3 Å². The van der Waals surface area contributed by atoms with Crippen LogP contribution < -0.4 is 10.6 Å². The Morgan fingerprint density at radius 2 is 1.62 bits per heavy atom. The van der Waals surface area contributed by atoms with E-state index in [0.717, 1.165) is 49.7 Å². The van der Waals surface area contributed by atoms with E-state index in [9.17, 15) is 19.5 Å². The summed E-state index contributed by atoms with van der Waals surface area (Å²) in [5.74, 6) is -0.783. The van der Waals surface area contributed by atoms with Crippen LogP contribution in [0.5, 0.6) is 0 Å². The molecule has 8 nitrogen and oxygen atoms in total. The minimum atomic E-state index is -1.23. The van der Waals surface area contributed by atoms with E-state index in [-0.39, 0.29) is 5.91 Å². The van der Waals surface area contributed by atoms with Crippen molar-refractivity contribution in [3.05, 3.63) is 34.9 Å². The number of benzene rings is 1. The van der Waals surface area contributed by atoms with E-state index >= 15 is 0 Å². The van der Waals surface area contributed by atoms with Crippen LogP contribution in [-0.2, 0) is 14.3 Å². The number of amides is 3. The van der Waals surface area contributed by atoms with Crippen molar-refractivity contribution >= 4 is 17.9 Å². The highest BCUT2D eigenvalue weighted by atomic mass is 16.6. The summed E-state index contributed by atoms with van der Waals surface area (Å²) in [6, 6.07) is 3.64. The molecule has 2 unspecified atom stereocenters. The Labute approximate surface area is 223 Å². The SMILES string of the molecule is CCCCCCN(C(=O)C(CO)NC(=O)OC(C)(C)C)C(C(=O)NCCCCC)c1ccc(C)c(C)c1. The lowest BCUT2D eigenvalue weighted by Gasteiger charge is -2.34. The number of carbonyl (C=O) groups is 3. The first-order valence-electron chi connectivity index (χ1n) is 13.7. The van der Waals surface area contributed by atoms with Crippen LogP contribution >= 0.6 is 0 Å². The number of nitrogens with one attached hydrogen (secondary N) is 2. The van der Waals surface area contributed by atoms with Crippen LogP contribution in [0.25, 0.3) is 0 Å². The van der Waals surface area contributed by atoms with E-state index in [1.54, 1.807) is 20.8 Å². The molecule has 1 rings (SSSR count). The van der Waals surface area contributed by atoms with Gasteiger partial charge in [-0.1, -0.05) is 64.2 Å². The van der Waals surface area contributed by atoms with Crippen molar-refractivity contribution in [3.8, 4) is 0 Å². The molecule has 37 heavy (non-hydrogen) atoms. The van der Waals surface area contributed by atoms with Gasteiger partial charge in [-0.25, -0.2) is 4.79 Å². The van der Waals surface area contributed by atoms with E-state index in [4.69, 9.17) is 4.74 Å². The topological polar surface area (TPSA) is 108 Å². The van der Waals surface area contributed by atoms with E-state index in [1.165, 1.54) is 4.90 Å². The van der Waals surface area contributed by atoms with Gasteiger partial charge in [-0.05, 0) is 64.2 Å². The van der Waals surface area contributed by atoms with Crippen molar-refractivity contribution in [3.63, 3.8) is 0 Å². The third-order valence-electron chi connectivity index (χ3n) is 6.19. The van der Waals surface area contributed by atoms with Gasteiger partial charge in [0.25, 0.3) is 0 Å². The number of alkyl carbamates (subject to hydrolysis) is 1. The fourth-order valence-corrected chi connectivity index (χ4v) is 4.00. The van der Waals surface area contributed by atoms with Gasteiger partial charge < -0.3 is 25.4 Å². The number of nitrogens with zero attached hydrogens (tertiary/aromatic N) is 1. The highest BCUT2D eigenvalue weighted by Crippen LogP contribution is 2.26. The summed E-state index contributed by atoms with van der Waals surface area (Å²) >= 11 is 0. The number of unbranched alkanes of at least 4 members (excludes halogenated alkanes) is 5. The fourth-order valence-electron chi connectivity index (χ4n) is 4.00. The molecule has 3 N–H and O–H groups in total. The molecule has 0 bridgehead atoms. The quantitative estimate of drug-likeness (QED) is 0.284. The highest BCUT2D eigenvalue weighted by Gasteiger charge is 2.36. The van der Waals surface area contributed by atoms with Crippen LogP contribution in [0.1, 0.15) is 102 Å². The minimum Gasteiger partial charge on any atom is -0.444 e. The number of aliphatic hydroxyl groups excluding tert-OH is 1. The van der Waals surface area contributed by atoms with Crippen molar-refractivity contribution in [2.75, 3.05) is 19.7 Å². The number of aryl methyl sites for hydroxylation is 2. The molecule has 0 aliphatic heterocycles. The number of hydrogen-bond acceptors (Lipinski definition) is 5. The van der Waals surface area contributed by atoms with Gasteiger partial charge in [0.15, 0.2) is 0 Å². The van der Waals surface area contributed by atoms with Gasteiger partial charge in [0.05, 0.1) is 6.61 Å². The molecule has 0 heterocycles. The third-order valence-corrected chi connectivity index (χ3v) is 6.19. The zero-order valence-electron chi connectivity index (χ0n) is 24.0. The van der Waals surface area contributed by atoms with E-state index in [1.807, 2.05) is 32.0 Å². The molecule has 0 radical (unpaired) electrons. The summed E-state index contributed by atoms with van der Waals surface area (Å²) in [4.78, 5) is 41.3. The van der Waals surface area contributed by atoms with Crippen LogP contribution in [0.3, 0.4) is 0 Å². The van der Waals surface area contributed by atoms with Gasteiger partial charge in [0, 0.05) is 13.1 Å². The Morgan fingerprint density at radius 1 is 0.973 bits per heavy atom. The average molecular weight is 520 g/mol. The van der Waals surface area contributed by atoms with Crippen LogP contribution in [0.15, 0.2) is 18.2 Å². The molecule has 1 aromatic carbocycles. The van der Waals surface area contributed by atoms with Gasteiger partial charge in [0.2, 0.25) is 11.8 Å². The summed E-state index contributed by atoms with van der Waals surface area (Å²) in [7, 11) is 0. The molecule has 0 saturated carbocycles. The fraction of sp³-hybridized carbons (Fsp3) is 0.690. The zero-order chi connectivity index (χ0) is 28.0. The lowest BCUT2D eigenvalue weighted by Crippen LogP contribution is -2.54. The molecule has 0 spiro atoms. The van der Waals surface area contributed by atoms with Crippen molar-refractivity contribution in [2.24, 2.45) is 0 Å². The highest BCUT2D eigenvalue weighted by molar-refractivity contribution is 5.92. The molecule has 210 valence electrons. The Bertz CT molecular complexity index is 866. The molecule has 0 aliphatic rings. The number of aliphatic hydroxyl groups is 1. The lowest BCUT2D eigenvalue weighted by atomic mass is 9.98. The number of ether oxygens (including phenoxy) is 1. The predicted octanol–water partition coefficient (Wildman–Crippen LogP) is 4.95. The first-order valence-corrected chi connectivity index (χ1v) is 13.7.